The SMILES string of the molecule is CC1(C)c2ccccc2-c2cc(-c3ccncc3N(c3ccc4c(c3)-c3ccccc3C43c4ccccc4-c4ccccc43)c3cccc(-c4ccccc4)c3-c3ccccc3)ccc21. The van der Waals surface area contributed by atoms with Crippen molar-refractivity contribution in [3.63, 3.8) is 0 Å². The summed E-state index contributed by atoms with van der Waals surface area (Å²) in [6.07, 6.45) is 4.01. The molecule has 65 heavy (non-hydrogen) atoms. The minimum atomic E-state index is -0.432. The summed E-state index contributed by atoms with van der Waals surface area (Å²) in [4.78, 5) is 7.41. The minimum Gasteiger partial charge on any atom is -0.308 e. The second kappa shape index (κ2) is 14.2. The Bertz CT molecular complexity index is 3480. The summed E-state index contributed by atoms with van der Waals surface area (Å²) in [5.74, 6) is 0. The van der Waals surface area contributed by atoms with E-state index in [-0.39, 0.29) is 5.41 Å². The lowest BCUT2D eigenvalue weighted by molar-refractivity contribution is 0.660. The molecule has 0 amide bonds. The van der Waals surface area contributed by atoms with Crippen molar-refractivity contribution in [2.45, 2.75) is 24.7 Å². The molecule has 0 bridgehead atoms. The summed E-state index contributed by atoms with van der Waals surface area (Å²) in [6.45, 7) is 4.70. The molecule has 1 spiro atoms. The Hall–Kier alpha value is -8.07. The standard InChI is InChI=1S/C63H44N2/c1-62(2)53-27-13-9-24-49(53)51-38-43(32-34-54(51)62)45-36-37-64-40-60(45)65(59-31-17-26-46(41-18-5-3-6-19-41)61(59)42-20-7-4-8-21-42)44-33-35-58-52(39-44)50-25-12-16-30-57(50)63(58)55-28-14-10-22-47(55)48-23-11-15-29-56(48)63/h3-40H,1-2H3. The number of aromatic nitrogens is 1. The highest BCUT2D eigenvalue weighted by molar-refractivity contribution is 6.02. The van der Waals surface area contributed by atoms with Crippen LogP contribution in [0.25, 0.3) is 66.8 Å². The Balaban J connectivity index is 1.09. The monoisotopic (exact) mass is 828 g/mol. The Morgan fingerprint density at radius 1 is 0.338 bits per heavy atom. The maximum atomic E-state index is 4.93. The van der Waals surface area contributed by atoms with Gasteiger partial charge < -0.3 is 4.90 Å². The molecule has 0 unspecified atom stereocenters. The number of nitrogens with zero attached hydrogens (tertiary/aromatic N) is 2. The maximum absolute atomic E-state index is 4.93. The molecule has 3 aliphatic rings. The highest BCUT2D eigenvalue weighted by atomic mass is 15.2. The van der Waals surface area contributed by atoms with Gasteiger partial charge in [-0.1, -0.05) is 202 Å². The van der Waals surface area contributed by atoms with Gasteiger partial charge in [-0.2, -0.15) is 0 Å². The van der Waals surface area contributed by atoms with Crippen LogP contribution in [0, 0.1) is 0 Å². The summed E-state index contributed by atoms with van der Waals surface area (Å²) < 4.78 is 0. The zero-order valence-corrected chi connectivity index (χ0v) is 36.3. The molecule has 306 valence electrons. The number of hydrogen-bond donors (Lipinski definition) is 0. The van der Waals surface area contributed by atoms with Crippen molar-refractivity contribution in [3.8, 4) is 66.8 Å². The molecule has 1 heterocycles. The highest BCUT2D eigenvalue weighted by Crippen LogP contribution is 2.63. The van der Waals surface area contributed by atoms with E-state index in [1.54, 1.807) is 0 Å². The fourth-order valence-corrected chi connectivity index (χ4v) is 11.8. The van der Waals surface area contributed by atoms with Gasteiger partial charge in [-0.25, -0.2) is 0 Å². The highest BCUT2D eigenvalue weighted by Gasteiger charge is 2.51. The fraction of sp³-hybridized carbons (Fsp3) is 0.0635. The smallest absolute Gasteiger partial charge is 0.0725 e. The van der Waals surface area contributed by atoms with E-state index < -0.39 is 5.41 Å². The molecule has 0 radical (unpaired) electrons. The van der Waals surface area contributed by atoms with Crippen LogP contribution in [0.15, 0.2) is 231 Å². The molecule has 0 fully saturated rings. The lowest BCUT2D eigenvalue weighted by Crippen LogP contribution is -2.25. The summed E-state index contributed by atoms with van der Waals surface area (Å²) >= 11 is 0. The van der Waals surface area contributed by atoms with Crippen LogP contribution in [0.3, 0.4) is 0 Å². The zero-order chi connectivity index (χ0) is 43.3. The van der Waals surface area contributed by atoms with Gasteiger partial charge in [-0.15, -0.1) is 0 Å². The van der Waals surface area contributed by atoms with E-state index in [0.29, 0.717) is 0 Å². The van der Waals surface area contributed by atoms with E-state index in [1.165, 1.54) is 77.9 Å². The van der Waals surface area contributed by atoms with Crippen molar-refractivity contribution in [3.05, 3.63) is 264 Å². The van der Waals surface area contributed by atoms with E-state index in [1.807, 2.05) is 6.20 Å². The van der Waals surface area contributed by atoms with Crippen LogP contribution >= 0.6 is 0 Å². The van der Waals surface area contributed by atoms with Crippen molar-refractivity contribution in [1.29, 1.82) is 0 Å². The molecule has 0 saturated heterocycles. The first-order chi connectivity index (χ1) is 32.0. The predicted octanol–water partition coefficient (Wildman–Crippen LogP) is 16.2. The molecule has 3 aliphatic carbocycles. The molecule has 1 aromatic heterocycles. The number of anilines is 3. The van der Waals surface area contributed by atoms with Crippen LogP contribution in [0.5, 0.6) is 0 Å². The number of fused-ring (bicyclic) bond motifs is 13. The number of pyridine rings is 1. The molecular formula is C63H44N2. The van der Waals surface area contributed by atoms with Crippen LogP contribution in [-0.4, -0.2) is 4.98 Å². The summed E-state index contributed by atoms with van der Waals surface area (Å²) in [6, 6.07) is 81.0. The van der Waals surface area contributed by atoms with Gasteiger partial charge in [0.15, 0.2) is 0 Å². The minimum absolute atomic E-state index is 0.0849. The molecule has 2 nitrogen and oxygen atoms in total. The average Bonchev–Trinajstić information content (AvgIpc) is 3.93. The summed E-state index contributed by atoms with van der Waals surface area (Å²) in [7, 11) is 0. The Labute approximate surface area is 380 Å². The third-order valence-corrected chi connectivity index (χ3v) is 14.6. The number of rotatable bonds is 6. The van der Waals surface area contributed by atoms with E-state index in [9.17, 15) is 0 Å². The first kappa shape index (κ1) is 37.5. The van der Waals surface area contributed by atoms with Gasteiger partial charge in [0.25, 0.3) is 0 Å². The molecule has 9 aromatic carbocycles. The summed E-state index contributed by atoms with van der Waals surface area (Å²) in [5, 5.41) is 0. The Kier molecular flexibility index (Phi) is 8.20. The van der Waals surface area contributed by atoms with Crippen LogP contribution < -0.4 is 4.90 Å². The van der Waals surface area contributed by atoms with Gasteiger partial charge in [0.1, 0.15) is 0 Å². The molecule has 0 N–H and O–H groups in total. The molecule has 0 atom stereocenters. The van der Waals surface area contributed by atoms with E-state index in [0.717, 1.165) is 39.3 Å². The quantitative estimate of drug-likeness (QED) is 0.166. The second-order valence-corrected chi connectivity index (χ2v) is 18.2. The van der Waals surface area contributed by atoms with Crippen molar-refractivity contribution in [1.82, 2.24) is 4.98 Å². The fourth-order valence-electron chi connectivity index (χ4n) is 11.8. The van der Waals surface area contributed by atoms with Gasteiger partial charge in [0, 0.05) is 28.4 Å². The Morgan fingerprint density at radius 2 is 0.831 bits per heavy atom. The number of hydrogen-bond acceptors (Lipinski definition) is 2. The Morgan fingerprint density at radius 3 is 1.49 bits per heavy atom. The molecule has 10 aromatic rings. The first-order valence-corrected chi connectivity index (χ1v) is 22.7. The topological polar surface area (TPSA) is 16.1 Å². The lowest BCUT2D eigenvalue weighted by atomic mass is 9.70. The maximum Gasteiger partial charge on any atom is 0.0725 e. The lowest BCUT2D eigenvalue weighted by Gasteiger charge is -2.32. The van der Waals surface area contributed by atoms with Gasteiger partial charge in [0.2, 0.25) is 0 Å². The molecule has 0 aliphatic heterocycles. The van der Waals surface area contributed by atoms with Crippen LogP contribution in [0.1, 0.15) is 47.2 Å². The van der Waals surface area contributed by atoms with Crippen LogP contribution in [0.4, 0.5) is 17.1 Å². The van der Waals surface area contributed by atoms with Crippen molar-refractivity contribution >= 4 is 17.1 Å². The predicted molar refractivity (Wildman–Crippen MR) is 269 cm³/mol. The van der Waals surface area contributed by atoms with Crippen molar-refractivity contribution < 1.29 is 0 Å². The van der Waals surface area contributed by atoms with Crippen LogP contribution in [0.2, 0.25) is 0 Å². The van der Waals surface area contributed by atoms with Crippen molar-refractivity contribution in [2.24, 2.45) is 0 Å². The average molecular weight is 829 g/mol. The summed E-state index contributed by atoms with van der Waals surface area (Å²) in [5.41, 5.74) is 25.4. The molecule has 2 heteroatoms. The van der Waals surface area contributed by atoms with Gasteiger partial charge in [0.05, 0.1) is 23.0 Å². The van der Waals surface area contributed by atoms with E-state index >= 15 is 0 Å². The molecular weight excluding hydrogens is 785 g/mol. The van der Waals surface area contributed by atoms with Gasteiger partial charge >= 0.3 is 0 Å². The van der Waals surface area contributed by atoms with Gasteiger partial charge in [-0.3, -0.25) is 4.98 Å². The normalized spacial score (nSPS) is 13.9. The van der Waals surface area contributed by atoms with Crippen molar-refractivity contribution in [2.75, 3.05) is 4.90 Å². The molecule has 0 saturated carbocycles. The largest absolute Gasteiger partial charge is 0.308 e. The zero-order valence-electron chi connectivity index (χ0n) is 36.3. The van der Waals surface area contributed by atoms with E-state index in [4.69, 9.17) is 4.98 Å². The van der Waals surface area contributed by atoms with E-state index in [2.05, 4.69) is 243 Å². The molecule has 13 rings (SSSR count). The third-order valence-electron chi connectivity index (χ3n) is 14.6. The number of benzene rings is 9. The second-order valence-electron chi connectivity index (χ2n) is 18.2. The third kappa shape index (κ3) is 5.32. The van der Waals surface area contributed by atoms with Crippen LogP contribution in [-0.2, 0) is 10.8 Å². The first-order valence-electron chi connectivity index (χ1n) is 22.7. The van der Waals surface area contributed by atoms with Gasteiger partial charge in [-0.05, 0) is 119 Å².